The molecular formula is C9H13NS. The SMILES string of the molecule is Cc1nc(C2CC(C)C2)cs1. The molecule has 0 bridgehead atoms. The molecule has 1 saturated carbocycles. The summed E-state index contributed by atoms with van der Waals surface area (Å²) in [6, 6.07) is 0. The minimum Gasteiger partial charge on any atom is -0.246 e. The Morgan fingerprint density at radius 3 is 2.73 bits per heavy atom. The van der Waals surface area contributed by atoms with Crippen molar-refractivity contribution in [3.05, 3.63) is 16.1 Å². The van der Waals surface area contributed by atoms with Gasteiger partial charge in [-0.2, -0.15) is 0 Å². The smallest absolute Gasteiger partial charge is 0.0897 e. The molecule has 1 heterocycles. The summed E-state index contributed by atoms with van der Waals surface area (Å²) in [5.74, 6) is 1.72. The molecule has 60 valence electrons. The Kier molecular flexibility index (Phi) is 1.72. The van der Waals surface area contributed by atoms with Crippen molar-refractivity contribution in [1.29, 1.82) is 0 Å². The molecule has 1 aromatic rings. The van der Waals surface area contributed by atoms with E-state index in [1.165, 1.54) is 23.5 Å². The van der Waals surface area contributed by atoms with Crippen molar-refractivity contribution in [3.63, 3.8) is 0 Å². The highest BCUT2D eigenvalue weighted by Crippen LogP contribution is 2.41. The summed E-state index contributed by atoms with van der Waals surface area (Å²) in [7, 11) is 0. The summed E-state index contributed by atoms with van der Waals surface area (Å²) in [4.78, 5) is 4.49. The van der Waals surface area contributed by atoms with E-state index < -0.39 is 0 Å². The van der Waals surface area contributed by atoms with Gasteiger partial charge < -0.3 is 0 Å². The Bertz CT molecular complexity index is 248. The Morgan fingerprint density at radius 1 is 1.55 bits per heavy atom. The third kappa shape index (κ3) is 1.32. The maximum atomic E-state index is 4.49. The van der Waals surface area contributed by atoms with Crippen molar-refractivity contribution in [3.8, 4) is 0 Å². The van der Waals surface area contributed by atoms with Gasteiger partial charge in [-0.05, 0) is 25.7 Å². The minimum atomic E-state index is 0.787. The lowest BCUT2D eigenvalue weighted by Crippen LogP contribution is -2.19. The molecule has 0 N–H and O–H groups in total. The third-order valence-electron chi connectivity index (χ3n) is 2.43. The van der Waals surface area contributed by atoms with Crippen LogP contribution in [0.4, 0.5) is 0 Å². The zero-order chi connectivity index (χ0) is 7.84. The molecular weight excluding hydrogens is 154 g/mol. The van der Waals surface area contributed by atoms with Crippen LogP contribution in [0, 0.1) is 12.8 Å². The van der Waals surface area contributed by atoms with Gasteiger partial charge in [0, 0.05) is 11.3 Å². The van der Waals surface area contributed by atoms with E-state index in [0.29, 0.717) is 0 Å². The predicted octanol–water partition coefficient (Wildman–Crippen LogP) is 2.97. The lowest BCUT2D eigenvalue weighted by molar-refractivity contribution is 0.284. The van der Waals surface area contributed by atoms with Crippen LogP contribution in [0.15, 0.2) is 5.38 Å². The van der Waals surface area contributed by atoms with Gasteiger partial charge in [0.25, 0.3) is 0 Å². The van der Waals surface area contributed by atoms with Gasteiger partial charge in [0.2, 0.25) is 0 Å². The molecule has 1 aliphatic carbocycles. The largest absolute Gasteiger partial charge is 0.246 e. The average molecular weight is 167 g/mol. The van der Waals surface area contributed by atoms with Crippen LogP contribution in [0.3, 0.4) is 0 Å². The fourth-order valence-corrected chi connectivity index (χ4v) is 2.41. The summed E-state index contributed by atoms with van der Waals surface area (Å²) in [5, 5.41) is 3.42. The maximum absolute atomic E-state index is 4.49. The van der Waals surface area contributed by atoms with Crippen LogP contribution in [0.1, 0.15) is 36.4 Å². The van der Waals surface area contributed by atoms with Crippen LogP contribution in [0.5, 0.6) is 0 Å². The third-order valence-corrected chi connectivity index (χ3v) is 3.22. The van der Waals surface area contributed by atoms with Crippen LogP contribution >= 0.6 is 11.3 Å². The summed E-state index contributed by atoms with van der Waals surface area (Å²) in [6.07, 6.45) is 2.70. The van der Waals surface area contributed by atoms with Crippen LogP contribution in [0.25, 0.3) is 0 Å². The molecule has 0 atom stereocenters. The molecule has 2 rings (SSSR count). The highest BCUT2D eigenvalue weighted by Gasteiger charge is 2.28. The Hall–Kier alpha value is -0.370. The first-order valence-corrected chi connectivity index (χ1v) is 5.05. The molecule has 1 aromatic heterocycles. The summed E-state index contributed by atoms with van der Waals surface area (Å²) < 4.78 is 0. The molecule has 0 spiro atoms. The lowest BCUT2D eigenvalue weighted by atomic mass is 9.75. The highest BCUT2D eigenvalue weighted by molar-refractivity contribution is 7.09. The molecule has 1 aliphatic rings. The van der Waals surface area contributed by atoms with E-state index in [0.717, 1.165) is 11.8 Å². The van der Waals surface area contributed by atoms with E-state index >= 15 is 0 Å². The topological polar surface area (TPSA) is 12.9 Å². The van der Waals surface area contributed by atoms with Gasteiger partial charge in [-0.25, -0.2) is 4.98 Å². The van der Waals surface area contributed by atoms with Crippen LogP contribution in [0.2, 0.25) is 0 Å². The second-order valence-corrected chi connectivity index (χ2v) is 4.63. The zero-order valence-corrected chi connectivity index (χ0v) is 7.82. The van der Waals surface area contributed by atoms with Gasteiger partial charge >= 0.3 is 0 Å². The molecule has 0 amide bonds. The normalized spacial score (nSPS) is 30.0. The van der Waals surface area contributed by atoms with Crippen molar-refractivity contribution in [2.75, 3.05) is 0 Å². The van der Waals surface area contributed by atoms with Gasteiger partial charge in [0.05, 0.1) is 10.7 Å². The van der Waals surface area contributed by atoms with E-state index in [2.05, 4.69) is 24.2 Å². The molecule has 0 aromatic carbocycles. The summed E-state index contributed by atoms with van der Waals surface area (Å²) in [6.45, 7) is 4.39. The molecule has 0 aliphatic heterocycles. The molecule has 11 heavy (non-hydrogen) atoms. The fraction of sp³-hybridized carbons (Fsp3) is 0.667. The van der Waals surface area contributed by atoms with Crippen LogP contribution in [-0.4, -0.2) is 4.98 Å². The van der Waals surface area contributed by atoms with E-state index in [9.17, 15) is 0 Å². The number of hydrogen-bond donors (Lipinski definition) is 0. The first-order chi connectivity index (χ1) is 5.25. The lowest BCUT2D eigenvalue weighted by Gasteiger charge is -2.31. The second-order valence-electron chi connectivity index (χ2n) is 3.56. The molecule has 0 saturated heterocycles. The molecule has 1 nitrogen and oxygen atoms in total. The van der Waals surface area contributed by atoms with Crippen molar-refractivity contribution in [1.82, 2.24) is 4.98 Å². The van der Waals surface area contributed by atoms with Gasteiger partial charge in [-0.1, -0.05) is 6.92 Å². The second kappa shape index (κ2) is 2.59. The minimum absolute atomic E-state index is 0.787. The number of rotatable bonds is 1. The zero-order valence-electron chi connectivity index (χ0n) is 7.00. The standard InChI is InChI=1S/C9H13NS/c1-6-3-8(4-6)9-5-11-7(2)10-9/h5-6,8H,3-4H2,1-2H3. The number of hydrogen-bond acceptors (Lipinski definition) is 2. The average Bonchev–Trinajstić information content (AvgIpc) is 2.29. The molecule has 2 heteroatoms. The van der Waals surface area contributed by atoms with E-state index in [-0.39, 0.29) is 0 Å². The first kappa shape index (κ1) is 7.29. The molecule has 0 radical (unpaired) electrons. The number of aryl methyl sites for hydroxylation is 1. The van der Waals surface area contributed by atoms with Gasteiger partial charge in [-0.15, -0.1) is 11.3 Å². The maximum Gasteiger partial charge on any atom is 0.0897 e. The molecule has 0 unspecified atom stereocenters. The summed E-state index contributed by atoms with van der Waals surface area (Å²) in [5.41, 5.74) is 1.34. The van der Waals surface area contributed by atoms with Gasteiger partial charge in [-0.3, -0.25) is 0 Å². The van der Waals surface area contributed by atoms with Crippen molar-refractivity contribution in [2.24, 2.45) is 5.92 Å². The quantitative estimate of drug-likeness (QED) is 0.626. The highest BCUT2D eigenvalue weighted by atomic mass is 32.1. The molecule has 1 fully saturated rings. The Morgan fingerprint density at radius 2 is 2.27 bits per heavy atom. The van der Waals surface area contributed by atoms with Gasteiger partial charge in [0.1, 0.15) is 0 Å². The number of nitrogens with zero attached hydrogens (tertiary/aromatic N) is 1. The van der Waals surface area contributed by atoms with E-state index in [1.54, 1.807) is 11.3 Å². The predicted molar refractivity (Wildman–Crippen MR) is 48.0 cm³/mol. The Balaban J connectivity index is 2.07. The van der Waals surface area contributed by atoms with E-state index in [1.807, 2.05) is 0 Å². The van der Waals surface area contributed by atoms with Crippen molar-refractivity contribution >= 4 is 11.3 Å². The fourth-order valence-electron chi connectivity index (χ4n) is 1.71. The van der Waals surface area contributed by atoms with Gasteiger partial charge in [0.15, 0.2) is 0 Å². The number of aromatic nitrogens is 1. The van der Waals surface area contributed by atoms with Crippen LogP contribution < -0.4 is 0 Å². The Labute approximate surface area is 71.5 Å². The monoisotopic (exact) mass is 167 g/mol. The van der Waals surface area contributed by atoms with E-state index in [4.69, 9.17) is 0 Å². The van der Waals surface area contributed by atoms with Crippen molar-refractivity contribution < 1.29 is 0 Å². The summed E-state index contributed by atoms with van der Waals surface area (Å²) >= 11 is 1.77. The van der Waals surface area contributed by atoms with Crippen molar-refractivity contribution in [2.45, 2.75) is 32.6 Å². The number of thiazole rings is 1. The first-order valence-electron chi connectivity index (χ1n) is 4.17. The van der Waals surface area contributed by atoms with Crippen LogP contribution in [-0.2, 0) is 0 Å².